The Balaban J connectivity index is 2.22. The van der Waals surface area contributed by atoms with Crippen LogP contribution in [0, 0.1) is 0 Å². The number of rotatable bonds is 3. The molecule has 0 amide bonds. The summed E-state index contributed by atoms with van der Waals surface area (Å²) in [7, 11) is 0. The van der Waals surface area contributed by atoms with Gasteiger partial charge >= 0.3 is 5.97 Å². The van der Waals surface area contributed by atoms with Gasteiger partial charge in [-0.05, 0) is 24.3 Å². The van der Waals surface area contributed by atoms with Gasteiger partial charge in [0.15, 0.2) is 10.0 Å². The number of halogens is 2. The van der Waals surface area contributed by atoms with Crippen LogP contribution in [0.25, 0.3) is 0 Å². The molecule has 1 heterocycles. The van der Waals surface area contributed by atoms with E-state index in [1.807, 2.05) is 0 Å². The van der Waals surface area contributed by atoms with Gasteiger partial charge in [-0.1, -0.05) is 34.5 Å². The summed E-state index contributed by atoms with van der Waals surface area (Å²) in [5.41, 5.74) is 0. The second-order valence-electron chi connectivity index (χ2n) is 2.96. The van der Waals surface area contributed by atoms with Crippen molar-refractivity contribution in [1.82, 2.24) is 4.98 Å². The van der Waals surface area contributed by atoms with Crippen LogP contribution in [0.15, 0.2) is 24.3 Å². The molecule has 4 nitrogen and oxygen atoms in total. The Hall–Kier alpha value is -1.30. The molecule has 0 aliphatic rings. The van der Waals surface area contributed by atoms with Crippen LogP contribution >= 0.6 is 34.5 Å². The lowest BCUT2D eigenvalue weighted by atomic mass is 10.3. The molecule has 7 heteroatoms. The van der Waals surface area contributed by atoms with E-state index in [2.05, 4.69) is 4.98 Å². The molecule has 0 fully saturated rings. The van der Waals surface area contributed by atoms with Gasteiger partial charge in [0.05, 0.1) is 0 Å². The standard InChI is InChI=1S/C10H5Cl2NO3S/c11-5-1-3-6(4-2-5)16-10-13-8(12)7(17-10)9(14)15/h1-4H,(H,14,15). The van der Waals surface area contributed by atoms with Gasteiger partial charge in [0, 0.05) is 5.02 Å². The van der Waals surface area contributed by atoms with Crippen molar-refractivity contribution in [3.05, 3.63) is 39.3 Å². The number of nitrogens with zero attached hydrogens (tertiary/aromatic N) is 1. The van der Waals surface area contributed by atoms with Crippen molar-refractivity contribution in [1.29, 1.82) is 0 Å². The molecule has 0 saturated heterocycles. The Morgan fingerprint density at radius 1 is 1.29 bits per heavy atom. The van der Waals surface area contributed by atoms with Gasteiger partial charge in [-0.2, -0.15) is 4.98 Å². The number of hydrogen-bond donors (Lipinski definition) is 1. The van der Waals surface area contributed by atoms with E-state index in [-0.39, 0.29) is 15.2 Å². The van der Waals surface area contributed by atoms with E-state index in [0.717, 1.165) is 11.3 Å². The largest absolute Gasteiger partial charge is 0.477 e. The minimum atomic E-state index is -1.13. The first-order valence-electron chi connectivity index (χ1n) is 4.39. The average molecular weight is 290 g/mol. The number of benzene rings is 1. The maximum Gasteiger partial charge on any atom is 0.349 e. The van der Waals surface area contributed by atoms with E-state index in [9.17, 15) is 4.79 Å². The molecule has 0 aliphatic carbocycles. The van der Waals surface area contributed by atoms with Crippen LogP contribution in [0.3, 0.4) is 0 Å². The third-order valence-corrected chi connectivity index (χ3v) is 3.34. The fraction of sp³-hybridized carbons (Fsp3) is 0. The molecular formula is C10H5Cl2NO3S. The van der Waals surface area contributed by atoms with E-state index in [1.54, 1.807) is 24.3 Å². The fourth-order valence-electron chi connectivity index (χ4n) is 1.06. The van der Waals surface area contributed by atoms with E-state index in [4.69, 9.17) is 33.0 Å². The predicted molar refractivity (Wildman–Crippen MR) is 65.6 cm³/mol. The van der Waals surface area contributed by atoms with E-state index in [1.165, 1.54) is 0 Å². The SMILES string of the molecule is O=C(O)c1sc(Oc2ccc(Cl)cc2)nc1Cl. The molecule has 2 aromatic rings. The number of ether oxygens (including phenoxy) is 1. The summed E-state index contributed by atoms with van der Waals surface area (Å²) in [4.78, 5) is 14.5. The number of aromatic nitrogens is 1. The lowest BCUT2D eigenvalue weighted by Gasteiger charge is -2.00. The Bertz CT molecular complexity index is 553. The quantitative estimate of drug-likeness (QED) is 0.930. The first kappa shape index (κ1) is 12.2. The average Bonchev–Trinajstić information content (AvgIpc) is 2.63. The normalized spacial score (nSPS) is 10.2. The highest BCUT2D eigenvalue weighted by Gasteiger charge is 2.16. The molecule has 0 spiro atoms. The maximum atomic E-state index is 10.7. The first-order valence-corrected chi connectivity index (χ1v) is 5.96. The number of thiazole rings is 1. The predicted octanol–water partition coefficient (Wildman–Crippen LogP) is 3.94. The first-order chi connectivity index (χ1) is 8.06. The summed E-state index contributed by atoms with van der Waals surface area (Å²) in [5, 5.41) is 9.48. The molecule has 88 valence electrons. The Morgan fingerprint density at radius 3 is 2.47 bits per heavy atom. The van der Waals surface area contributed by atoms with Gasteiger partial charge < -0.3 is 9.84 Å². The second kappa shape index (κ2) is 4.91. The summed E-state index contributed by atoms with van der Waals surface area (Å²) in [5.74, 6) is -0.616. The fourth-order valence-corrected chi connectivity index (χ4v) is 2.18. The summed E-state index contributed by atoms with van der Waals surface area (Å²) in [6, 6.07) is 6.62. The smallest absolute Gasteiger partial charge is 0.349 e. The number of carbonyl (C=O) groups is 1. The molecule has 0 unspecified atom stereocenters. The second-order valence-corrected chi connectivity index (χ2v) is 4.72. The van der Waals surface area contributed by atoms with Gasteiger partial charge in [-0.15, -0.1) is 0 Å². The van der Waals surface area contributed by atoms with Crippen LogP contribution < -0.4 is 4.74 Å². The highest BCUT2D eigenvalue weighted by molar-refractivity contribution is 7.15. The molecule has 0 saturated carbocycles. The molecule has 17 heavy (non-hydrogen) atoms. The number of carboxylic acid groups (broad SMARTS) is 1. The van der Waals surface area contributed by atoms with Crippen LogP contribution in [0.1, 0.15) is 9.67 Å². The molecule has 2 rings (SSSR count). The Labute approximate surface area is 110 Å². The summed E-state index contributed by atoms with van der Waals surface area (Å²) in [6.07, 6.45) is 0. The monoisotopic (exact) mass is 289 g/mol. The number of aromatic carboxylic acids is 1. The zero-order valence-electron chi connectivity index (χ0n) is 8.18. The van der Waals surface area contributed by atoms with Crippen LogP contribution in [-0.2, 0) is 0 Å². The topological polar surface area (TPSA) is 59.4 Å². The minimum absolute atomic E-state index is 0.0457. The molecular weight excluding hydrogens is 285 g/mol. The van der Waals surface area contributed by atoms with Gasteiger partial charge in [0.1, 0.15) is 5.75 Å². The van der Waals surface area contributed by atoms with Crippen molar-refractivity contribution >= 4 is 40.5 Å². The van der Waals surface area contributed by atoms with Crippen LogP contribution in [0.2, 0.25) is 10.2 Å². The third-order valence-electron chi connectivity index (χ3n) is 1.78. The van der Waals surface area contributed by atoms with E-state index >= 15 is 0 Å². The van der Waals surface area contributed by atoms with Gasteiger partial charge in [0.25, 0.3) is 5.19 Å². The zero-order valence-corrected chi connectivity index (χ0v) is 10.5. The van der Waals surface area contributed by atoms with Gasteiger partial charge in [-0.25, -0.2) is 4.79 Å². The van der Waals surface area contributed by atoms with Crippen LogP contribution in [-0.4, -0.2) is 16.1 Å². The Kier molecular flexibility index (Phi) is 3.51. The molecule has 0 aliphatic heterocycles. The van der Waals surface area contributed by atoms with E-state index < -0.39 is 5.97 Å². The van der Waals surface area contributed by atoms with Gasteiger partial charge in [0.2, 0.25) is 0 Å². The molecule has 0 bridgehead atoms. The zero-order chi connectivity index (χ0) is 12.4. The minimum Gasteiger partial charge on any atom is -0.477 e. The van der Waals surface area contributed by atoms with Gasteiger partial charge in [-0.3, -0.25) is 0 Å². The molecule has 1 aromatic carbocycles. The molecule has 1 N–H and O–H groups in total. The van der Waals surface area contributed by atoms with Crippen molar-refractivity contribution in [2.45, 2.75) is 0 Å². The number of carboxylic acids is 1. The van der Waals surface area contributed by atoms with Crippen molar-refractivity contribution in [3.63, 3.8) is 0 Å². The third kappa shape index (κ3) is 2.88. The van der Waals surface area contributed by atoms with Crippen molar-refractivity contribution in [2.24, 2.45) is 0 Å². The highest BCUT2D eigenvalue weighted by atomic mass is 35.5. The van der Waals surface area contributed by atoms with Crippen LogP contribution in [0.4, 0.5) is 0 Å². The lowest BCUT2D eigenvalue weighted by Crippen LogP contribution is -1.91. The Morgan fingerprint density at radius 2 is 1.94 bits per heavy atom. The van der Waals surface area contributed by atoms with Crippen molar-refractivity contribution in [2.75, 3.05) is 0 Å². The number of hydrogen-bond acceptors (Lipinski definition) is 4. The van der Waals surface area contributed by atoms with Crippen LogP contribution in [0.5, 0.6) is 10.9 Å². The summed E-state index contributed by atoms with van der Waals surface area (Å²) in [6.45, 7) is 0. The van der Waals surface area contributed by atoms with E-state index in [0.29, 0.717) is 10.8 Å². The molecule has 0 atom stereocenters. The van der Waals surface area contributed by atoms with Crippen molar-refractivity contribution in [3.8, 4) is 10.9 Å². The molecule has 0 radical (unpaired) electrons. The highest BCUT2D eigenvalue weighted by Crippen LogP contribution is 2.32. The lowest BCUT2D eigenvalue weighted by molar-refractivity contribution is 0.0702. The van der Waals surface area contributed by atoms with Crippen molar-refractivity contribution < 1.29 is 14.6 Å². The maximum absolute atomic E-state index is 10.7. The summed E-state index contributed by atoms with van der Waals surface area (Å²) >= 11 is 12.2. The summed E-state index contributed by atoms with van der Waals surface area (Å²) < 4.78 is 5.35. The molecule has 1 aromatic heterocycles.